The Morgan fingerprint density at radius 1 is 1.03 bits per heavy atom. The minimum Gasteiger partial charge on any atom is -0.497 e. The monoisotopic (exact) mass is 522 g/mol. The number of aryl methyl sites for hydroxylation is 1. The lowest BCUT2D eigenvalue weighted by Crippen LogP contribution is -2.37. The number of rotatable bonds is 8. The Bertz CT molecular complexity index is 1470. The number of carbonyl (C=O) groups excluding carboxylic acids is 1. The fourth-order valence-corrected chi connectivity index (χ4v) is 4.99. The summed E-state index contributed by atoms with van der Waals surface area (Å²) in [6.07, 6.45) is 4.70. The fourth-order valence-electron chi connectivity index (χ4n) is 4.99. The van der Waals surface area contributed by atoms with E-state index in [0.29, 0.717) is 35.0 Å². The van der Waals surface area contributed by atoms with Gasteiger partial charge in [-0.25, -0.2) is 9.97 Å². The smallest absolute Gasteiger partial charge is 0.293 e. The number of fused-ring (bicyclic) bond motifs is 1. The zero-order valence-corrected chi connectivity index (χ0v) is 22.4. The van der Waals surface area contributed by atoms with Gasteiger partial charge in [0.1, 0.15) is 11.6 Å². The van der Waals surface area contributed by atoms with Crippen LogP contribution in [0.1, 0.15) is 47.4 Å². The number of hydrogen-bond acceptors (Lipinski definition) is 6. The summed E-state index contributed by atoms with van der Waals surface area (Å²) in [5, 5.41) is 7.40. The highest BCUT2D eigenvalue weighted by Gasteiger charge is 2.27. The zero-order chi connectivity index (χ0) is 27.2. The molecule has 0 aliphatic heterocycles. The van der Waals surface area contributed by atoms with Gasteiger partial charge in [0.05, 0.1) is 24.5 Å². The van der Waals surface area contributed by atoms with Gasteiger partial charge >= 0.3 is 0 Å². The largest absolute Gasteiger partial charge is 0.497 e. The van der Waals surface area contributed by atoms with Gasteiger partial charge in [0.25, 0.3) is 5.91 Å². The van der Waals surface area contributed by atoms with Crippen LogP contribution < -0.4 is 21.1 Å². The molecule has 1 saturated carbocycles. The molecule has 3 aromatic carbocycles. The predicted octanol–water partition coefficient (Wildman–Crippen LogP) is 5.52. The first-order chi connectivity index (χ1) is 19.0. The Morgan fingerprint density at radius 3 is 2.56 bits per heavy atom. The first-order valence-electron chi connectivity index (χ1n) is 13.3. The van der Waals surface area contributed by atoms with Crippen LogP contribution >= 0.6 is 0 Å². The average molecular weight is 523 g/mol. The number of nitrogens with zero attached hydrogens (tertiary/aromatic N) is 3. The van der Waals surface area contributed by atoms with E-state index >= 15 is 0 Å². The van der Waals surface area contributed by atoms with E-state index in [9.17, 15) is 4.79 Å². The van der Waals surface area contributed by atoms with E-state index in [1.54, 1.807) is 31.4 Å². The SMILES string of the molecule is COc1ccc(NC(=O)c2nc(N[C@H]3CCCC[C@H]3N=C(N)Cc3ccccc3)c3cc(C)ccc3n2)cc1. The summed E-state index contributed by atoms with van der Waals surface area (Å²) in [5.41, 5.74) is 9.97. The molecule has 0 radical (unpaired) electrons. The van der Waals surface area contributed by atoms with Crippen LogP contribution in [0.25, 0.3) is 10.9 Å². The van der Waals surface area contributed by atoms with Gasteiger partial charge in [0.2, 0.25) is 5.82 Å². The molecule has 200 valence electrons. The molecular formula is C31H34N6O2. The van der Waals surface area contributed by atoms with Gasteiger partial charge in [-0.05, 0) is 61.7 Å². The third-order valence-electron chi connectivity index (χ3n) is 7.01. The van der Waals surface area contributed by atoms with Gasteiger partial charge in [-0.2, -0.15) is 0 Å². The van der Waals surface area contributed by atoms with Crippen molar-refractivity contribution in [3.05, 3.63) is 89.7 Å². The van der Waals surface area contributed by atoms with E-state index in [1.165, 1.54) is 0 Å². The van der Waals surface area contributed by atoms with Gasteiger partial charge in [-0.15, -0.1) is 0 Å². The Hall–Kier alpha value is -4.46. The number of amidine groups is 1. The maximum absolute atomic E-state index is 13.2. The lowest BCUT2D eigenvalue weighted by molar-refractivity contribution is 0.101. The summed E-state index contributed by atoms with van der Waals surface area (Å²) in [7, 11) is 1.60. The maximum Gasteiger partial charge on any atom is 0.293 e. The number of ether oxygens (including phenoxy) is 1. The summed E-state index contributed by atoms with van der Waals surface area (Å²) >= 11 is 0. The normalized spacial score (nSPS) is 17.5. The van der Waals surface area contributed by atoms with E-state index in [0.717, 1.165) is 42.2 Å². The van der Waals surface area contributed by atoms with E-state index in [4.69, 9.17) is 20.4 Å². The highest BCUT2D eigenvalue weighted by atomic mass is 16.5. The molecule has 0 saturated heterocycles. The second-order valence-electron chi connectivity index (χ2n) is 9.98. The quantitative estimate of drug-likeness (QED) is 0.207. The topological polar surface area (TPSA) is 115 Å². The predicted molar refractivity (Wildman–Crippen MR) is 157 cm³/mol. The molecule has 1 aliphatic carbocycles. The standard InChI is InChI=1S/C31H34N6O2/c1-20-12-17-25-24(18-20)29(37-30(35-25)31(38)33-22-13-15-23(39-2)16-14-22)36-27-11-7-6-10-26(27)34-28(32)19-21-8-4-3-5-9-21/h3-5,8-9,12-18,26-27H,6-7,10-11,19H2,1-2H3,(H2,32,34)(H,33,38)(H,35,36,37)/t26-,27+/m1/s1. The molecule has 1 aliphatic rings. The maximum atomic E-state index is 13.2. The second-order valence-corrected chi connectivity index (χ2v) is 9.98. The molecule has 4 aromatic rings. The number of anilines is 2. The van der Waals surface area contributed by atoms with Crippen LogP contribution in [0.2, 0.25) is 0 Å². The number of amides is 1. The van der Waals surface area contributed by atoms with Gasteiger partial charge in [0.15, 0.2) is 0 Å². The van der Waals surface area contributed by atoms with Crippen LogP contribution in [0.4, 0.5) is 11.5 Å². The van der Waals surface area contributed by atoms with Crippen molar-refractivity contribution in [3.8, 4) is 5.75 Å². The van der Waals surface area contributed by atoms with Crippen LogP contribution in [-0.2, 0) is 6.42 Å². The number of aliphatic imine (C=N–C) groups is 1. The molecule has 0 bridgehead atoms. The van der Waals surface area contributed by atoms with Crippen molar-refractivity contribution >= 4 is 34.2 Å². The van der Waals surface area contributed by atoms with Gasteiger partial charge in [-0.1, -0.05) is 54.8 Å². The lowest BCUT2D eigenvalue weighted by atomic mass is 9.90. The zero-order valence-electron chi connectivity index (χ0n) is 22.4. The molecule has 5 rings (SSSR count). The van der Waals surface area contributed by atoms with Crippen molar-refractivity contribution in [3.63, 3.8) is 0 Å². The summed E-state index contributed by atoms with van der Waals surface area (Å²) in [4.78, 5) is 27.4. The average Bonchev–Trinajstić information content (AvgIpc) is 2.95. The molecule has 1 fully saturated rings. The molecule has 1 heterocycles. The molecule has 8 nitrogen and oxygen atoms in total. The molecule has 39 heavy (non-hydrogen) atoms. The number of hydrogen-bond donors (Lipinski definition) is 3. The third-order valence-corrected chi connectivity index (χ3v) is 7.01. The first kappa shape index (κ1) is 26.2. The Kier molecular flexibility index (Phi) is 8.01. The van der Waals surface area contributed by atoms with Crippen molar-refractivity contribution in [1.82, 2.24) is 9.97 Å². The van der Waals surface area contributed by atoms with Crippen molar-refractivity contribution < 1.29 is 9.53 Å². The van der Waals surface area contributed by atoms with Crippen molar-refractivity contribution in [2.24, 2.45) is 10.7 Å². The number of benzene rings is 3. The Labute approximate surface area is 228 Å². The highest BCUT2D eigenvalue weighted by Crippen LogP contribution is 2.28. The third kappa shape index (κ3) is 6.52. The van der Waals surface area contributed by atoms with Gasteiger partial charge < -0.3 is 21.1 Å². The van der Waals surface area contributed by atoms with Crippen LogP contribution in [-0.4, -0.2) is 40.9 Å². The molecule has 8 heteroatoms. The van der Waals surface area contributed by atoms with Gasteiger partial charge in [0, 0.05) is 23.5 Å². The van der Waals surface area contributed by atoms with Crippen LogP contribution in [0.15, 0.2) is 77.8 Å². The Morgan fingerprint density at radius 2 is 1.79 bits per heavy atom. The number of methoxy groups -OCH3 is 1. The molecule has 1 amide bonds. The molecule has 0 spiro atoms. The first-order valence-corrected chi connectivity index (χ1v) is 13.3. The van der Waals surface area contributed by atoms with Crippen molar-refractivity contribution in [1.29, 1.82) is 0 Å². The minimum absolute atomic E-state index is 0.0221. The fraction of sp³-hybridized carbons (Fsp3) is 0.290. The Balaban J connectivity index is 1.41. The summed E-state index contributed by atoms with van der Waals surface area (Å²) in [6, 6.07) is 23.3. The van der Waals surface area contributed by atoms with E-state index in [-0.39, 0.29) is 23.8 Å². The number of aromatic nitrogens is 2. The summed E-state index contributed by atoms with van der Waals surface area (Å²) in [5.74, 6) is 1.70. The van der Waals surface area contributed by atoms with E-state index in [1.807, 2.05) is 43.3 Å². The number of nitrogens with one attached hydrogen (secondary N) is 2. The lowest BCUT2D eigenvalue weighted by Gasteiger charge is -2.30. The summed E-state index contributed by atoms with van der Waals surface area (Å²) in [6.45, 7) is 2.03. The van der Waals surface area contributed by atoms with Crippen LogP contribution in [0.3, 0.4) is 0 Å². The van der Waals surface area contributed by atoms with Gasteiger partial charge in [-0.3, -0.25) is 9.79 Å². The molecule has 0 unspecified atom stereocenters. The molecule has 2 atom stereocenters. The number of carbonyl (C=O) groups is 1. The minimum atomic E-state index is -0.379. The highest BCUT2D eigenvalue weighted by molar-refractivity contribution is 6.04. The number of nitrogens with two attached hydrogens (primary N) is 1. The van der Waals surface area contributed by atoms with E-state index in [2.05, 4.69) is 27.8 Å². The van der Waals surface area contributed by atoms with Crippen molar-refractivity contribution in [2.75, 3.05) is 17.7 Å². The molecule has 1 aromatic heterocycles. The summed E-state index contributed by atoms with van der Waals surface area (Å²) < 4.78 is 5.20. The molecular weight excluding hydrogens is 488 g/mol. The van der Waals surface area contributed by atoms with Crippen molar-refractivity contribution in [2.45, 2.75) is 51.1 Å². The van der Waals surface area contributed by atoms with Crippen LogP contribution in [0.5, 0.6) is 5.75 Å². The van der Waals surface area contributed by atoms with E-state index < -0.39 is 0 Å². The van der Waals surface area contributed by atoms with Crippen LogP contribution in [0, 0.1) is 6.92 Å². The second kappa shape index (κ2) is 11.9. The molecule has 4 N–H and O–H groups in total.